The smallest absolute Gasteiger partial charge is 0.255 e. The molecular weight excluding hydrogens is 293 g/mol. The molecule has 0 radical (unpaired) electrons. The number of hydrogen-bond acceptors (Lipinski definition) is 2. The van der Waals surface area contributed by atoms with Crippen molar-refractivity contribution in [3.63, 3.8) is 0 Å². The SMILES string of the molecule is O=C(c1ccc(F)cc1Cl)N(CCO)Cc1ccccc1. The van der Waals surface area contributed by atoms with Crippen molar-refractivity contribution in [3.05, 3.63) is 70.5 Å². The minimum atomic E-state index is -0.492. The van der Waals surface area contributed by atoms with Gasteiger partial charge in [0.05, 0.1) is 17.2 Å². The van der Waals surface area contributed by atoms with Crippen LogP contribution in [-0.2, 0) is 6.54 Å². The van der Waals surface area contributed by atoms with Crippen LogP contribution in [0, 0.1) is 5.82 Å². The summed E-state index contributed by atoms with van der Waals surface area (Å²) in [4.78, 5) is 14.0. The van der Waals surface area contributed by atoms with Crippen LogP contribution >= 0.6 is 11.6 Å². The van der Waals surface area contributed by atoms with Gasteiger partial charge in [0.15, 0.2) is 0 Å². The first kappa shape index (κ1) is 15.5. The molecule has 3 nitrogen and oxygen atoms in total. The zero-order valence-electron chi connectivity index (χ0n) is 11.3. The van der Waals surface area contributed by atoms with Crippen molar-refractivity contribution >= 4 is 17.5 Å². The third-order valence-corrected chi connectivity index (χ3v) is 3.35. The quantitative estimate of drug-likeness (QED) is 0.922. The minimum absolute atomic E-state index is 0.0657. The molecule has 0 unspecified atom stereocenters. The first-order valence-electron chi connectivity index (χ1n) is 6.51. The van der Waals surface area contributed by atoms with Gasteiger partial charge < -0.3 is 10.0 Å². The maximum atomic E-state index is 13.1. The Kier molecular flexibility index (Phi) is 5.31. The molecule has 0 spiro atoms. The van der Waals surface area contributed by atoms with E-state index in [1.807, 2.05) is 30.3 Å². The molecule has 110 valence electrons. The third-order valence-electron chi connectivity index (χ3n) is 3.03. The van der Waals surface area contributed by atoms with E-state index in [2.05, 4.69) is 0 Å². The summed E-state index contributed by atoms with van der Waals surface area (Å²) in [6, 6.07) is 13.1. The maximum absolute atomic E-state index is 13.1. The molecule has 1 amide bonds. The van der Waals surface area contributed by atoms with E-state index in [9.17, 15) is 9.18 Å². The molecule has 0 fully saturated rings. The fourth-order valence-corrected chi connectivity index (χ4v) is 2.26. The molecule has 0 aliphatic carbocycles. The van der Waals surface area contributed by atoms with E-state index in [0.29, 0.717) is 6.54 Å². The summed E-state index contributed by atoms with van der Waals surface area (Å²) >= 11 is 5.92. The molecule has 5 heteroatoms. The van der Waals surface area contributed by atoms with Crippen molar-refractivity contribution in [1.82, 2.24) is 4.90 Å². The number of nitrogens with zero attached hydrogens (tertiary/aromatic N) is 1. The van der Waals surface area contributed by atoms with Crippen LogP contribution in [0.3, 0.4) is 0 Å². The van der Waals surface area contributed by atoms with Gasteiger partial charge in [0.1, 0.15) is 5.82 Å². The highest BCUT2D eigenvalue weighted by Crippen LogP contribution is 2.20. The van der Waals surface area contributed by atoms with Gasteiger partial charge in [0.2, 0.25) is 0 Å². The van der Waals surface area contributed by atoms with Crippen LogP contribution < -0.4 is 0 Å². The van der Waals surface area contributed by atoms with Crippen molar-refractivity contribution in [1.29, 1.82) is 0 Å². The summed E-state index contributed by atoms with van der Waals surface area (Å²) in [5.41, 5.74) is 1.17. The van der Waals surface area contributed by atoms with Crippen LogP contribution in [0.4, 0.5) is 4.39 Å². The van der Waals surface area contributed by atoms with Gasteiger partial charge in [-0.3, -0.25) is 4.79 Å². The topological polar surface area (TPSA) is 40.5 Å². The summed E-state index contributed by atoms with van der Waals surface area (Å²) in [7, 11) is 0. The van der Waals surface area contributed by atoms with Crippen molar-refractivity contribution < 1.29 is 14.3 Å². The van der Waals surface area contributed by atoms with Crippen LogP contribution in [0.5, 0.6) is 0 Å². The number of aliphatic hydroxyl groups excluding tert-OH is 1. The van der Waals surface area contributed by atoms with Gasteiger partial charge in [-0.15, -0.1) is 0 Å². The molecule has 0 saturated heterocycles. The lowest BCUT2D eigenvalue weighted by molar-refractivity contribution is 0.0708. The Morgan fingerprint density at radius 1 is 1.19 bits per heavy atom. The van der Waals surface area contributed by atoms with Crippen LogP contribution in [-0.4, -0.2) is 29.1 Å². The second-order valence-corrected chi connectivity index (χ2v) is 4.97. The normalized spacial score (nSPS) is 10.4. The number of aliphatic hydroxyl groups is 1. The zero-order chi connectivity index (χ0) is 15.2. The molecule has 0 aromatic heterocycles. The highest BCUT2D eigenvalue weighted by atomic mass is 35.5. The minimum Gasteiger partial charge on any atom is -0.395 e. The lowest BCUT2D eigenvalue weighted by atomic mass is 10.1. The standard InChI is InChI=1S/C16H15ClFNO2/c17-15-10-13(18)6-7-14(15)16(21)19(8-9-20)11-12-4-2-1-3-5-12/h1-7,10,20H,8-9,11H2. The van der Waals surface area contributed by atoms with Crippen LogP contribution in [0.1, 0.15) is 15.9 Å². The zero-order valence-corrected chi connectivity index (χ0v) is 12.1. The van der Waals surface area contributed by atoms with Crippen molar-refractivity contribution in [3.8, 4) is 0 Å². The van der Waals surface area contributed by atoms with Crippen molar-refractivity contribution in [2.45, 2.75) is 6.54 Å². The molecule has 2 aromatic carbocycles. The average molecular weight is 308 g/mol. The third kappa shape index (κ3) is 4.03. The molecule has 2 rings (SSSR count). The highest BCUT2D eigenvalue weighted by molar-refractivity contribution is 6.33. The molecule has 0 atom stereocenters. The van der Waals surface area contributed by atoms with E-state index in [4.69, 9.17) is 16.7 Å². The van der Waals surface area contributed by atoms with Gasteiger partial charge in [-0.1, -0.05) is 41.9 Å². The van der Waals surface area contributed by atoms with E-state index < -0.39 is 5.82 Å². The molecule has 0 heterocycles. The molecule has 0 aliphatic rings. The van der Waals surface area contributed by atoms with E-state index in [0.717, 1.165) is 11.6 Å². The summed E-state index contributed by atoms with van der Waals surface area (Å²) in [6.45, 7) is 0.382. The van der Waals surface area contributed by atoms with Crippen LogP contribution in [0.2, 0.25) is 5.02 Å². The van der Waals surface area contributed by atoms with Gasteiger partial charge in [0, 0.05) is 13.1 Å². The van der Waals surface area contributed by atoms with E-state index in [-0.39, 0.29) is 29.6 Å². The van der Waals surface area contributed by atoms with Crippen LogP contribution in [0.25, 0.3) is 0 Å². The van der Waals surface area contributed by atoms with Crippen molar-refractivity contribution in [2.75, 3.05) is 13.2 Å². The second kappa shape index (κ2) is 7.20. The molecule has 0 saturated carbocycles. The Morgan fingerprint density at radius 2 is 1.90 bits per heavy atom. The summed E-state index contributed by atoms with van der Waals surface area (Å²) in [5.74, 6) is -0.828. The number of amides is 1. The lowest BCUT2D eigenvalue weighted by Crippen LogP contribution is -2.33. The monoisotopic (exact) mass is 307 g/mol. The van der Waals surface area contributed by atoms with E-state index in [1.54, 1.807) is 0 Å². The Balaban J connectivity index is 2.23. The number of rotatable bonds is 5. The fourth-order valence-electron chi connectivity index (χ4n) is 2.01. The average Bonchev–Trinajstić information content (AvgIpc) is 2.47. The number of benzene rings is 2. The predicted molar refractivity (Wildman–Crippen MR) is 79.7 cm³/mol. The fraction of sp³-hybridized carbons (Fsp3) is 0.188. The van der Waals surface area contributed by atoms with Gasteiger partial charge in [-0.25, -0.2) is 4.39 Å². The molecule has 0 bridgehead atoms. The number of hydrogen-bond donors (Lipinski definition) is 1. The summed E-state index contributed by atoms with van der Waals surface area (Å²) < 4.78 is 13.1. The molecule has 2 aromatic rings. The first-order chi connectivity index (χ1) is 10.1. The lowest BCUT2D eigenvalue weighted by Gasteiger charge is -2.22. The Bertz CT molecular complexity index is 619. The number of carbonyl (C=O) groups excluding carboxylic acids is 1. The Morgan fingerprint density at radius 3 is 2.52 bits per heavy atom. The van der Waals surface area contributed by atoms with Gasteiger partial charge in [0.25, 0.3) is 5.91 Å². The Labute approximate surface area is 127 Å². The highest BCUT2D eigenvalue weighted by Gasteiger charge is 2.18. The summed E-state index contributed by atoms with van der Waals surface area (Å²) in [5, 5.41) is 9.20. The molecule has 21 heavy (non-hydrogen) atoms. The number of carbonyl (C=O) groups is 1. The molecule has 0 aliphatic heterocycles. The van der Waals surface area contributed by atoms with Gasteiger partial charge >= 0.3 is 0 Å². The predicted octanol–water partition coefficient (Wildman–Crippen LogP) is 3.11. The van der Waals surface area contributed by atoms with Crippen LogP contribution in [0.15, 0.2) is 48.5 Å². The van der Waals surface area contributed by atoms with Gasteiger partial charge in [-0.2, -0.15) is 0 Å². The maximum Gasteiger partial charge on any atom is 0.255 e. The van der Waals surface area contributed by atoms with E-state index in [1.165, 1.54) is 17.0 Å². The molecular formula is C16H15ClFNO2. The second-order valence-electron chi connectivity index (χ2n) is 4.56. The largest absolute Gasteiger partial charge is 0.395 e. The first-order valence-corrected chi connectivity index (χ1v) is 6.88. The summed E-state index contributed by atoms with van der Waals surface area (Å²) in [6.07, 6.45) is 0. The number of halogens is 2. The van der Waals surface area contributed by atoms with Crippen molar-refractivity contribution in [2.24, 2.45) is 0 Å². The molecule has 1 N–H and O–H groups in total. The van der Waals surface area contributed by atoms with E-state index >= 15 is 0 Å². The Hall–Kier alpha value is -1.91. The van der Waals surface area contributed by atoms with Gasteiger partial charge in [-0.05, 0) is 23.8 Å².